The van der Waals surface area contributed by atoms with E-state index in [2.05, 4.69) is 10.3 Å². The topological polar surface area (TPSA) is 42.0 Å². The van der Waals surface area contributed by atoms with E-state index in [4.69, 9.17) is 0 Å². The summed E-state index contributed by atoms with van der Waals surface area (Å²) in [5, 5.41) is 3.23. The lowest BCUT2D eigenvalue weighted by molar-refractivity contribution is 0.0950. The third kappa shape index (κ3) is 2.92. The summed E-state index contributed by atoms with van der Waals surface area (Å²) < 4.78 is 12.7. The Labute approximate surface area is 109 Å². The van der Waals surface area contributed by atoms with Crippen LogP contribution in [0.1, 0.15) is 25.9 Å². The second-order valence-electron chi connectivity index (χ2n) is 3.97. The lowest BCUT2D eigenvalue weighted by Crippen LogP contribution is -2.22. The van der Waals surface area contributed by atoms with Crippen molar-refractivity contribution in [2.75, 3.05) is 0 Å². The minimum atomic E-state index is -0.281. The molecule has 0 radical (unpaired) electrons. The van der Waals surface area contributed by atoms with Crippen molar-refractivity contribution < 1.29 is 9.18 Å². The van der Waals surface area contributed by atoms with Gasteiger partial charge in [0.1, 0.15) is 5.82 Å². The molecule has 1 amide bonds. The molecule has 1 N–H and O–H groups in total. The Morgan fingerprint density at radius 3 is 2.56 bits per heavy atom. The SMILES string of the molecule is Cc1nc(C(=O)NCc2ccc(F)cc2)sc1C. The van der Waals surface area contributed by atoms with Crippen LogP contribution in [-0.2, 0) is 6.54 Å². The maximum absolute atomic E-state index is 12.7. The van der Waals surface area contributed by atoms with Gasteiger partial charge in [-0.3, -0.25) is 4.79 Å². The maximum atomic E-state index is 12.7. The summed E-state index contributed by atoms with van der Waals surface area (Å²) >= 11 is 1.38. The molecule has 2 rings (SSSR count). The van der Waals surface area contributed by atoms with Crippen LogP contribution < -0.4 is 5.32 Å². The van der Waals surface area contributed by atoms with Gasteiger partial charge in [0.25, 0.3) is 5.91 Å². The molecule has 5 heteroatoms. The van der Waals surface area contributed by atoms with Crippen molar-refractivity contribution in [3.05, 3.63) is 51.2 Å². The van der Waals surface area contributed by atoms with Crippen molar-refractivity contribution in [1.82, 2.24) is 10.3 Å². The number of nitrogens with one attached hydrogen (secondary N) is 1. The van der Waals surface area contributed by atoms with Gasteiger partial charge < -0.3 is 5.32 Å². The van der Waals surface area contributed by atoms with E-state index in [9.17, 15) is 9.18 Å². The summed E-state index contributed by atoms with van der Waals surface area (Å²) in [7, 11) is 0. The minimum Gasteiger partial charge on any atom is -0.346 e. The highest BCUT2D eigenvalue weighted by atomic mass is 32.1. The molecule has 1 heterocycles. The van der Waals surface area contributed by atoms with Gasteiger partial charge in [-0.1, -0.05) is 12.1 Å². The van der Waals surface area contributed by atoms with Gasteiger partial charge in [-0.2, -0.15) is 0 Å². The van der Waals surface area contributed by atoms with Crippen molar-refractivity contribution in [1.29, 1.82) is 0 Å². The summed E-state index contributed by atoms with van der Waals surface area (Å²) in [5.74, 6) is -0.475. The third-order valence-corrected chi connectivity index (χ3v) is 3.66. The molecule has 1 aromatic heterocycles. The average molecular weight is 264 g/mol. The Morgan fingerprint density at radius 1 is 1.33 bits per heavy atom. The summed E-state index contributed by atoms with van der Waals surface area (Å²) in [6, 6.07) is 6.04. The van der Waals surface area contributed by atoms with Gasteiger partial charge in [0.05, 0.1) is 5.69 Å². The molecule has 0 aliphatic heterocycles. The quantitative estimate of drug-likeness (QED) is 0.926. The molecule has 0 fully saturated rings. The Hall–Kier alpha value is -1.75. The Morgan fingerprint density at radius 2 is 2.00 bits per heavy atom. The van der Waals surface area contributed by atoms with Crippen LogP contribution in [0.15, 0.2) is 24.3 Å². The van der Waals surface area contributed by atoms with E-state index in [1.54, 1.807) is 12.1 Å². The van der Waals surface area contributed by atoms with Crippen LogP contribution in [-0.4, -0.2) is 10.9 Å². The van der Waals surface area contributed by atoms with Gasteiger partial charge in [0.15, 0.2) is 5.01 Å². The van der Waals surface area contributed by atoms with Crippen LogP contribution in [0, 0.1) is 19.7 Å². The molecule has 0 saturated carbocycles. The van der Waals surface area contributed by atoms with Gasteiger partial charge in [0, 0.05) is 11.4 Å². The van der Waals surface area contributed by atoms with Crippen molar-refractivity contribution in [3.63, 3.8) is 0 Å². The maximum Gasteiger partial charge on any atom is 0.280 e. The Kier molecular flexibility index (Phi) is 3.72. The molecule has 3 nitrogen and oxygen atoms in total. The lowest BCUT2D eigenvalue weighted by Gasteiger charge is -2.02. The first-order valence-corrected chi connectivity index (χ1v) is 6.34. The van der Waals surface area contributed by atoms with E-state index in [-0.39, 0.29) is 11.7 Å². The molecule has 18 heavy (non-hydrogen) atoms. The van der Waals surface area contributed by atoms with E-state index >= 15 is 0 Å². The van der Waals surface area contributed by atoms with E-state index in [1.807, 2.05) is 13.8 Å². The number of aromatic nitrogens is 1. The molecular weight excluding hydrogens is 251 g/mol. The second kappa shape index (κ2) is 5.27. The number of aryl methyl sites for hydroxylation is 2. The molecule has 1 aromatic carbocycles. The number of halogens is 1. The van der Waals surface area contributed by atoms with Crippen LogP contribution in [0.4, 0.5) is 4.39 Å². The number of nitrogens with zero attached hydrogens (tertiary/aromatic N) is 1. The van der Waals surface area contributed by atoms with E-state index in [0.29, 0.717) is 11.6 Å². The number of benzene rings is 1. The first-order chi connectivity index (χ1) is 8.56. The predicted octanol–water partition coefficient (Wildman–Crippen LogP) is 2.83. The largest absolute Gasteiger partial charge is 0.346 e. The highest BCUT2D eigenvalue weighted by molar-refractivity contribution is 7.13. The van der Waals surface area contributed by atoms with Gasteiger partial charge in [-0.05, 0) is 31.5 Å². The number of hydrogen-bond donors (Lipinski definition) is 1. The number of amides is 1. The molecule has 0 aliphatic carbocycles. The van der Waals surface area contributed by atoms with Crippen LogP contribution in [0.3, 0.4) is 0 Å². The zero-order chi connectivity index (χ0) is 13.1. The van der Waals surface area contributed by atoms with Gasteiger partial charge in [-0.25, -0.2) is 9.37 Å². The molecular formula is C13H13FN2OS. The molecule has 2 aromatic rings. The predicted molar refractivity (Wildman–Crippen MR) is 69.2 cm³/mol. The smallest absolute Gasteiger partial charge is 0.280 e. The highest BCUT2D eigenvalue weighted by Crippen LogP contribution is 2.16. The van der Waals surface area contributed by atoms with Gasteiger partial charge in [-0.15, -0.1) is 11.3 Å². The number of carbonyl (C=O) groups is 1. The van der Waals surface area contributed by atoms with E-state index in [0.717, 1.165) is 16.1 Å². The monoisotopic (exact) mass is 264 g/mol. The third-order valence-electron chi connectivity index (χ3n) is 2.59. The second-order valence-corrected chi connectivity index (χ2v) is 5.17. The highest BCUT2D eigenvalue weighted by Gasteiger charge is 2.11. The normalized spacial score (nSPS) is 10.4. The van der Waals surface area contributed by atoms with E-state index in [1.165, 1.54) is 23.5 Å². The lowest BCUT2D eigenvalue weighted by atomic mass is 10.2. The number of rotatable bonds is 3. The molecule has 0 aliphatic rings. The zero-order valence-corrected chi connectivity index (χ0v) is 11.0. The van der Waals surface area contributed by atoms with E-state index < -0.39 is 0 Å². The van der Waals surface area contributed by atoms with Crippen LogP contribution in [0.25, 0.3) is 0 Å². The summed E-state index contributed by atoms with van der Waals surface area (Å²) in [4.78, 5) is 17.0. The van der Waals surface area contributed by atoms with Gasteiger partial charge in [0.2, 0.25) is 0 Å². The Balaban J connectivity index is 1.98. The minimum absolute atomic E-state index is 0.194. The molecule has 0 saturated heterocycles. The van der Waals surface area contributed by atoms with Gasteiger partial charge >= 0.3 is 0 Å². The molecule has 0 bridgehead atoms. The summed E-state index contributed by atoms with van der Waals surface area (Å²) in [5.41, 5.74) is 1.74. The number of carbonyl (C=O) groups excluding carboxylic acids is 1. The average Bonchev–Trinajstić information content (AvgIpc) is 2.69. The van der Waals surface area contributed by atoms with Crippen LogP contribution >= 0.6 is 11.3 Å². The fourth-order valence-corrected chi connectivity index (χ4v) is 2.26. The first-order valence-electron chi connectivity index (χ1n) is 5.53. The zero-order valence-electron chi connectivity index (χ0n) is 10.2. The Bertz CT molecular complexity index is 543. The number of hydrogen-bond acceptors (Lipinski definition) is 3. The molecule has 0 atom stereocenters. The van der Waals surface area contributed by atoms with Crippen molar-refractivity contribution in [3.8, 4) is 0 Å². The van der Waals surface area contributed by atoms with Crippen molar-refractivity contribution >= 4 is 17.2 Å². The summed E-state index contributed by atoms with van der Waals surface area (Å²) in [6.45, 7) is 4.18. The standard InChI is InChI=1S/C13H13FN2OS/c1-8-9(2)18-13(16-8)12(17)15-7-10-3-5-11(14)6-4-10/h3-6H,7H2,1-2H3,(H,15,17). The van der Waals surface area contributed by atoms with Crippen molar-refractivity contribution in [2.24, 2.45) is 0 Å². The van der Waals surface area contributed by atoms with Crippen LogP contribution in [0.5, 0.6) is 0 Å². The fourth-order valence-electron chi connectivity index (χ4n) is 1.43. The fraction of sp³-hybridized carbons (Fsp3) is 0.231. The first kappa shape index (κ1) is 12.7. The molecule has 94 valence electrons. The number of thiazole rings is 1. The molecule has 0 spiro atoms. The molecule has 0 unspecified atom stereocenters. The summed E-state index contributed by atoms with van der Waals surface area (Å²) in [6.07, 6.45) is 0. The van der Waals surface area contributed by atoms with Crippen LogP contribution in [0.2, 0.25) is 0 Å². The van der Waals surface area contributed by atoms with Crippen molar-refractivity contribution in [2.45, 2.75) is 20.4 Å².